The third kappa shape index (κ3) is 6.26. The number of carbonyl (C=O) groups is 3. The SMILES string of the molecule is Cc1ccc(C(=O)NNC(=O)C(Cc2c[nH]c3ccccc23)NC(=O)OCc2ccccc2)cc1. The summed E-state index contributed by atoms with van der Waals surface area (Å²) in [5.74, 6) is -1.04. The van der Waals surface area contributed by atoms with Crippen LogP contribution in [0.1, 0.15) is 27.0 Å². The maximum atomic E-state index is 13.0. The lowest BCUT2D eigenvalue weighted by molar-refractivity contribution is -0.123. The lowest BCUT2D eigenvalue weighted by Crippen LogP contribution is -2.53. The Bertz CT molecular complexity index is 1320. The molecule has 0 bridgehead atoms. The van der Waals surface area contributed by atoms with Gasteiger partial charge in [0.15, 0.2) is 0 Å². The van der Waals surface area contributed by atoms with Gasteiger partial charge >= 0.3 is 6.09 Å². The minimum Gasteiger partial charge on any atom is -0.445 e. The van der Waals surface area contributed by atoms with Crippen molar-refractivity contribution in [3.63, 3.8) is 0 Å². The molecular weight excluding hydrogens is 444 g/mol. The van der Waals surface area contributed by atoms with Crippen molar-refractivity contribution in [2.75, 3.05) is 0 Å². The summed E-state index contributed by atoms with van der Waals surface area (Å²) in [6.07, 6.45) is 1.25. The lowest BCUT2D eigenvalue weighted by atomic mass is 10.0. The third-order valence-corrected chi connectivity index (χ3v) is 5.53. The number of carbonyl (C=O) groups excluding carboxylic acids is 3. The van der Waals surface area contributed by atoms with Gasteiger partial charge in [0.05, 0.1) is 0 Å². The maximum absolute atomic E-state index is 13.0. The van der Waals surface area contributed by atoms with Crippen LogP contribution >= 0.6 is 0 Å². The second-order valence-electron chi connectivity index (χ2n) is 8.13. The number of aryl methyl sites for hydroxylation is 1. The van der Waals surface area contributed by atoms with Gasteiger partial charge in [-0.2, -0.15) is 0 Å². The number of rotatable bonds is 7. The smallest absolute Gasteiger partial charge is 0.408 e. The molecule has 1 heterocycles. The van der Waals surface area contributed by atoms with E-state index in [2.05, 4.69) is 21.2 Å². The van der Waals surface area contributed by atoms with E-state index in [-0.39, 0.29) is 13.0 Å². The fraction of sp³-hybridized carbons (Fsp3) is 0.148. The average molecular weight is 471 g/mol. The van der Waals surface area contributed by atoms with Crippen LogP contribution in [0.3, 0.4) is 0 Å². The number of nitrogens with one attached hydrogen (secondary N) is 4. The highest BCUT2D eigenvalue weighted by Gasteiger charge is 2.24. The molecule has 1 aromatic heterocycles. The standard InChI is InChI=1S/C27H26N4O4/c1-18-11-13-20(14-12-18)25(32)30-31-26(33)24(15-21-16-28-23-10-6-5-9-22(21)23)29-27(34)35-17-19-7-3-2-4-8-19/h2-14,16,24,28H,15,17H2,1H3,(H,29,34)(H,30,32)(H,31,33). The molecule has 0 fully saturated rings. The Balaban J connectivity index is 1.44. The van der Waals surface area contributed by atoms with Gasteiger partial charge < -0.3 is 15.0 Å². The first-order chi connectivity index (χ1) is 17.0. The van der Waals surface area contributed by atoms with Crippen molar-refractivity contribution in [2.24, 2.45) is 0 Å². The zero-order chi connectivity index (χ0) is 24.6. The summed E-state index contributed by atoms with van der Waals surface area (Å²) in [5, 5.41) is 3.56. The van der Waals surface area contributed by atoms with Crippen LogP contribution in [0.15, 0.2) is 85.1 Å². The number of aromatic amines is 1. The minimum atomic E-state index is -0.990. The number of aromatic nitrogens is 1. The van der Waals surface area contributed by atoms with Gasteiger partial charge in [0.2, 0.25) is 0 Å². The number of alkyl carbamates (subject to hydrolysis) is 1. The zero-order valence-corrected chi connectivity index (χ0v) is 19.2. The molecule has 0 saturated carbocycles. The van der Waals surface area contributed by atoms with Crippen LogP contribution in [0.25, 0.3) is 10.9 Å². The fourth-order valence-electron chi connectivity index (χ4n) is 3.62. The van der Waals surface area contributed by atoms with E-state index < -0.39 is 23.9 Å². The topological polar surface area (TPSA) is 112 Å². The molecule has 0 spiro atoms. The number of para-hydroxylation sites is 1. The van der Waals surface area contributed by atoms with Gasteiger partial charge in [-0.05, 0) is 36.2 Å². The fourth-order valence-corrected chi connectivity index (χ4v) is 3.62. The second kappa shape index (κ2) is 11.0. The maximum Gasteiger partial charge on any atom is 0.408 e. The summed E-state index contributed by atoms with van der Waals surface area (Å²) >= 11 is 0. The summed E-state index contributed by atoms with van der Waals surface area (Å²) in [6, 6.07) is 22.9. The van der Waals surface area contributed by atoms with E-state index >= 15 is 0 Å². The molecule has 1 unspecified atom stereocenters. The molecule has 1 atom stereocenters. The number of benzene rings is 3. The molecule has 4 aromatic rings. The Labute approximate surface area is 202 Å². The van der Waals surface area contributed by atoms with E-state index in [4.69, 9.17) is 4.74 Å². The van der Waals surface area contributed by atoms with Gasteiger partial charge in [0, 0.05) is 29.1 Å². The van der Waals surface area contributed by atoms with E-state index in [1.165, 1.54) is 0 Å². The van der Waals surface area contributed by atoms with E-state index in [1.54, 1.807) is 30.5 Å². The molecule has 4 N–H and O–H groups in total. The van der Waals surface area contributed by atoms with Gasteiger partial charge in [-0.15, -0.1) is 0 Å². The molecule has 0 aliphatic heterocycles. The van der Waals surface area contributed by atoms with Crippen molar-refractivity contribution in [1.29, 1.82) is 0 Å². The van der Waals surface area contributed by atoms with Crippen LogP contribution in [0.2, 0.25) is 0 Å². The predicted octanol–water partition coefficient (Wildman–Crippen LogP) is 3.78. The normalized spacial score (nSPS) is 11.5. The van der Waals surface area contributed by atoms with Crippen molar-refractivity contribution in [3.05, 3.63) is 107 Å². The van der Waals surface area contributed by atoms with Crippen LogP contribution in [-0.4, -0.2) is 28.9 Å². The summed E-state index contributed by atoms with van der Waals surface area (Å²) in [4.78, 5) is 41.1. The molecule has 0 aliphatic rings. The quantitative estimate of drug-likeness (QED) is 0.308. The molecule has 8 heteroatoms. The van der Waals surface area contributed by atoms with Crippen LogP contribution in [0, 0.1) is 6.92 Å². The number of H-pyrrole nitrogens is 1. The number of hydrogen-bond acceptors (Lipinski definition) is 4. The Morgan fingerprint density at radius 2 is 1.60 bits per heavy atom. The highest BCUT2D eigenvalue weighted by molar-refractivity contribution is 5.96. The molecule has 0 saturated heterocycles. The summed E-state index contributed by atoms with van der Waals surface area (Å²) < 4.78 is 5.30. The van der Waals surface area contributed by atoms with Crippen molar-refractivity contribution in [3.8, 4) is 0 Å². The molecule has 8 nitrogen and oxygen atoms in total. The summed E-state index contributed by atoms with van der Waals surface area (Å²) in [7, 11) is 0. The number of ether oxygens (including phenoxy) is 1. The zero-order valence-electron chi connectivity index (χ0n) is 19.2. The highest BCUT2D eigenvalue weighted by atomic mass is 16.5. The molecule has 178 valence electrons. The summed E-state index contributed by atoms with van der Waals surface area (Å²) in [5.41, 5.74) is 8.83. The van der Waals surface area contributed by atoms with E-state index in [9.17, 15) is 14.4 Å². The molecule has 0 radical (unpaired) electrons. The van der Waals surface area contributed by atoms with Crippen molar-refractivity contribution < 1.29 is 19.1 Å². The number of hydrazine groups is 1. The van der Waals surface area contributed by atoms with E-state index in [1.807, 2.05) is 61.5 Å². The number of amides is 3. The van der Waals surface area contributed by atoms with Crippen LogP contribution < -0.4 is 16.2 Å². The predicted molar refractivity (Wildman–Crippen MR) is 132 cm³/mol. The second-order valence-corrected chi connectivity index (χ2v) is 8.13. The molecule has 0 aliphatic carbocycles. The van der Waals surface area contributed by atoms with Crippen LogP contribution in [0.5, 0.6) is 0 Å². The van der Waals surface area contributed by atoms with E-state index in [0.29, 0.717) is 5.56 Å². The third-order valence-electron chi connectivity index (χ3n) is 5.53. The highest BCUT2D eigenvalue weighted by Crippen LogP contribution is 2.19. The first-order valence-electron chi connectivity index (χ1n) is 11.2. The van der Waals surface area contributed by atoms with Crippen LogP contribution in [0.4, 0.5) is 4.79 Å². The Morgan fingerprint density at radius 3 is 2.37 bits per heavy atom. The lowest BCUT2D eigenvalue weighted by Gasteiger charge is -2.18. The number of fused-ring (bicyclic) bond motifs is 1. The van der Waals surface area contributed by atoms with Crippen molar-refractivity contribution in [1.82, 2.24) is 21.2 Å². The average Bonchev–Trinajstić information content (AvgIpc) is 3.29. The van der Waals surface area contributed by atoms with Gasteiger partial charge in [-0.3, -0.25) is 20.4 Å². The first-order valence-corrected chi connectivity index (χ1v) is 11.2. The first kappa shape index (κ1) is 23.6. The molecule has 4 rings (SSSR count). The van der Waals surface area contributed by atoms with Crippen LogP contribution in [-0.2, 0) is 22.6 Å². The van der Waals surface area contributed by atoms with Crippen molar-refractivity contribution >= 4 is 28.8 Å². The molecule has 35 heavy (non-hydrogen) atoms. The Morgan fingerprint density at radius 1 is 0.886 bits per heavy atom. The van der Waals surface area contributed by atoms with E-state index in [0.717, 1.165) is 27.6 Å². The summed E-state index contributed by atoms with van der Waals surface area (Å²) in [6.45, 7) is 1.99. The number of hydrogen-bond donors (Lipinski definition) is 4. The van der Waals surface area contributed by atoms with Gasteiger partial charge in [-0.25, -0.2) is 4.79 Å². The van der Waals surface area contributed by atoms with Gasteiger partial charge in [0.25, 0.3) is 11.8 Å². The monoisotopic (exact) mass is 470 g/mol. The molecule has 3 aromatic carbocycles. The Hall–Kier alpha value is -4.59. The largest absolute Gasteiger partial charge is 0.445 e. The van der Waals surface area contributed by atoms with Crippen molar-refractivity contribution in [2.45, 2.75) is 26.0 Å². The van der Waals surface area contributed by atoms with Gasteiger partial charge in [-0.1, -0.05) is 66.2 Å². The molecular formula is C27H26N4O4. The van der Waals surface area contributed by atoms with Gasteiger partial charge in [0.1, 0.15) is 12.6 Å². The Kier molecular flexibility index (Phi) is 7.42. The molecule has 3 amide bonds. The minimum absolute atomic E-state index is 0.0677.